The molecule has 0 aromatic heterocycles. The van der Waals surface area contributed by atoms with Crippen LogP contribution in [0.2, 0.25) is 0 Å². The van der Waals surface area contributed by atoms with Gasteiger partial charge in [0.2, 0.25) is 5.82 Å². The van der Waals surface area contributed by atoms with Crippen molar-refractivity contribution in [2.45, 2.75) is 12.0 Å². The van der Waals surface area contributed by atoms with Gasteiger partial charge in [-0.2, -0.15) is 16.2 Å². The topological polar surface area (TPSA) is 111 Å². The van der Waals surface area contributed by atoms with E-state index in [1.807, 2.05) is 0 Å². The summed E-state index contributed by atoms with van der Waals surface area (Å²) in [5.74, 6) is -1.28. The van der Waals surface area contributed by atoms with Gasteiger partial charge in [-0.3, -0.25) is 19.7 Å². The number of hydrogen-bond acceptors (Lipinski definition) is 6. The molecule has 1 heterocycles. The van der Waals surface area contributed by atoms with Gasteiger partial charge in [-0.25, -0.2) is 0 Å². The van der Waals surface area contributed by atoms with Crippen molar-refractivity contribution in [2.75, 3.05) is 30.5 Å². The van der Waals surface area contributed by atoms with Crippen molar-refractivity contribution in [3.05, 3.63) is 34.1 Å². The molecule has 1 atom stereocenters. The standard InChI is InChI=1S/C14H16FN3O5S/c1-23-14(4-5-24-8-14)7-16-12(19)13(20)17-9-2-3-10(15)11(6-9)18(21)22/h2-3,6H,4-5,7-8H2,1H3,(H,16,19)(H,17,20). The summed E-state index contributed by atoms with van der Waals surface area (Å²) in [6.45, 7) is 0.187. The van der Waals surface area contributed by atoms with E-state index >= 15 is 0 Å². The fourth-order valence-electron chi connectivity index (χ4n) is 2.20. The largest absolute Gasteiger partial charge is 0.376 e. The SMILES string of the molecule is COC1(CNC(=O)C(=O)Nc2ccc(F)c([N+](=O)[O-])c2)CCSC1. The number of methoxy groups -OCH3 is 1. The number of amides is 2. The maximum Gasteiger partial charge on any atom is 0.313 e. The normalized spacial score (nSPS) is 19.8. The monoisotopic (exact) mass is 357 g/mol. The second-order valence-electron chi connectivity index (χ2n) is 5.25. The zero-order valence-corrected chi connectivity index (χ0v) is 13.7. The molecule has 1 unspecified atom stereocenters. The molecule has 0 radical (unpaired) electrons. The highest BCUT2D eigenvalue weighted by atomic mass is 32.2. The van der Waals surface area contributed by atoms with Crippen molar-refractivity contribution < 1.29 is 23.6 Å². The molecule has 2 rings (SSSR count). The van der Waals surface area contributed by atoms with Crippen LogP contribution in [-0.2, 0) is 14.3 Å². The number of thioether (sulfide) groups is 1. The average molecular weight is 357 g/mol. The molecule has 0 spiro atoms. The third-order valence-electron chi connectivity index (χ3n) is 3.68. The molecule has 24 heavy (non-hydrogen) atoms. The lowest BCUT2D eigenvalue weighted by molar-refractivity contribution is -0.387. The first-order chi connectivity index (χ1) is 11.4. The van der Waals surface area contributed by atoms with Crippen LogP contribution in [0, 0.1) is 15.9 Å². The van der Waals surface area contributed by atoms with Crippen molar-refractivity contribution in [3.8, 4) is 0 Å². The van der Waals surface area contributed by atoms with E-state index in [-0.39, 0.29) is 12.2 Å². The third kappa shape index (κ3) is 4.20. The number of carbonyl (C=O) groups excluding carboxylic acids is 2. The number of halogens is 1. The van der Waals surface area contributed by atoms with E-state index < -0.39 is 33.8 Å². The predicted octanol–water partition coefficient (Wildman–Crippen LogP) is 1.31. The molecule has 2 N–H and O–H groups in total. The molecule has 10 heteroatoms. The summed E-state index contributed by atoms with van der Waals surface area (Å²) in [4.78, 5) is 33.5. The van der Waals surface area contributed by atoms with E-state index in [0.29, 0.717) is 0 Å². The Labute approximate surface area is 141 Å². The minimum Gasteiger partial charge on any atom is -0.376 e. The Balaban J connectivity index is 1.95. The molecule has 8 nitrogen and oxygen atoms in total. The molecule has 0 saturated carbocycles. The van der Waals surface area contributed by atoms with Crippen molar-refractivity contribution in [3.63, 3.8) is 0 Å². The lowest BCUT2D eigenvalue weighted by Crippen LogP contribution is -2.47. The molecule has 130 valence electrons. The zero-order valence-electron chi connectivity index (χ0n) is 12.8. The average Bonchev–Trinajstić information content (AvgIpc) is 3.03. The van der Waals surface area contributed by atoms with E-state index in [1.54, 1.807) is 18.9 Å². The van der Waals surface area contributed by atoms with Gasteiger partial charge in [0.15, 0.2) is 0 Å². The minimum atomic E-state index is -1.02. The molecule has 1 aliphatic heterocycles. The van der Waals surface area contributed by atoms with Crippen LogP contribution < -0.4 is 10.6 Å². The van der Waals surface area contributed by atoms with Crippen LogP contribution in [0.3, 0.4) is 0 Å². The Bertz CT molecular complexity index is 664. The van der Waals surface area contributed by atoms with E-state index in [0.717, 1.165) is 36.1 Å². The summed E-state index contributed by atoms with van der Waals surface area (Å²) in [6, 6.07) is 2.84. The van der Waals surface area contributed by atoms with Gasteiger partial charge < -0.3 is 15.4 Å². The summed E-state index contributed by atoms with van der Waals surface area (Å²) >= 11 is 1.70. The first-order valence-electron chi connectivity index (χ1n) is 7.03. The van der Waals surface area contributed by atoms with Gasteiger partial charge in [-0.05, 0) is 24.3 Å². The van der Waals surface area contributed by atoms with Crippen molar-refractivity contribution in [2.24, 2.45) is 0 Å². The molecule has 1 aliphatic rings. The summed E-state index contributed by atoms with van der Waals surface area (Å²) in [6.07, 6.45) is 0.764. The second-order valence-corrected chi connectivity index (χ2v) is 6.35. The van der Waals surface area contributed by atoms with Gasteiger partial charge in [-0.15, -0.1) is 0 Å². The third-order valence-corrected chi connectivity index (χ3v) is 4.90. The van der Waals surface area contributed by atoms with Gasteiger partial charge in [-0.1, -0.05) is 0 Å². The number of rotatable bonds is 5. The molecular formula is C14H16FN3O5S. The number of nitrogens with one attached hydrogen (secondary N) is 2. The highest BCUT2D eigenvalue weighted by Gasteiger charge is 2.35. The molecule has 0 aliphatic carbocycles. The summed E-state index contributed by atoms with van der Waals surface area (Å²) in [5, 5.41) is 15.4. The Morgan fingerprint density at radius 1 is 1.46 bits per heavy atom. The molecule has 1 aromatic carbocycles. The molecule has 1 saturated heterocycles. The zero-order chi connectivity index (χ0) is 17.7. The van der Waals surface area contributed by atoms with E-state index in [9.17, 15) is 24.1 Å². The summed E-state index contributed by atoms with van der Waals surface area (Å²) in [7, 11) is 1.55. The van der Waals surface area contributed by atoms with Crippen LogP contribution in [0.1, 0.15) is 6.42 Å². The number of ether oxygens (including phenoxy) is 1. The Hall–Kier alpha value is -2.20. The smallest absolute Gasteiger partial charge is 0.313 e. The highest BCUT2D eigenvalue weighted by Crippen LogP contribution is 2.30. The number of anilines is 1. The number of nitro groups is 1. The number of nitro benzene ring substituents is 1. The number of hydrogen-bond donors (Lipinski definition) is 2. The lowest BCUT2D eigenvalue weighted by atomic mass is 10.0. The maximum absolute atomic E-state index is 13.2. The number of nitrogens with zero attached hydrogens (tertiary/aromatic N) is 1. The van der Waals surface area contributed by atoms with Gasteiger partial charge in [0, 0.05) is 31.2 Å². The van der Waals surface area contributed by atoms with E-state index in [4.69, 9.17) is 4.74 Å². The van der Waals surface area contributed by atoms with Crippen molar-refractivity contribution in [1.82, 2.24) is 5.32 Å². The van der Waals surface area contributed by atoms with Crippen LogP contribution in [-0.4, -0.2) is 47.5 Å². The fourth-order valence-corrected chi connectivity index (χ4v) is 3.60. The number of carbonyl (C=O) groups is 2. The quantitative estimate of drug-likeness (QED) is 0.467. The minimum absolute atomic E-state index is 0.0406. The van der Waals surface area contributed by atoms with E-state index in [2.05, 4.69) is 10.6 Å². The first-order valence-corrected chi connectivity index (χ1v) is 8.18. The molecular weight excluding hydrogens is 341 g/mol. The Kier molecular flexibility index (Phi) is 5.73. The van der Waals surface area contributed by atoms with E-state index in [1.165, 1.54) is 0 Å². The van der Waals surface area contributed by atoms with Crippen LogP contribution >= 0.6 is 11.8 Å². The molecule has 2 amide bonds. The van der Waals surface area contributed by atoms with Gasteiger partial charge in [0.1, 0.15) is 0 Å². The Morgan fingerprint density at radius 2 is 2.21 bits per heavy atom. The second kappa shape index (κ2) is 7.58. The molecule has 1 fully saturated rings. The highest BCUT2D eigenvalue weighted by molar-refractivity contribution is 7.99. The van der Waals surface area contributed by atoms with Crippen LogP contribution in [0.25, 0.3) is 0 Å². The Morgan fingerprint density at radius 3 is 2.79 bits per heavy atom. The van der Waals surface area contributed by atoms with Crippen LogP contribution in [0.4, 0.5) is 15.8 Å². The molecule has 0 bridgehead atoms. The van der Waals surface area contributed by atoms with Crippen LogP contribution in [0.5, 0.6) is 0 Å². The number of benzene rings is 1. The summed E-state index contributed by atoms with van der Waals surface area (Å²) < 4.78 is 18.7. The molecule has 1 aromatic rings. The maximum atomic E-state index is 13.2. The van der Waals surface area contributed by atoms with Gasteiger partial charge >= 0.3 is 17.5 Å². The predicted molar refractivity (Wildman–Crippen MR) is 86.4 cm³/mol. The summed E-state index contributed by atoms with van der Waals surface area (Å²) in [5.41, 5.74) is -1.31. The van der Waals surface area contributed by atoms with Gasteiger partial charge in [0.05, 0.1) is 10.5 Å². The first kappa shape index (κ1) is 18.1. The van der Waals surface area contributed by atoms with Gasteiger partial charge in [0.25, 0.3) is 0 Å². The van der Waals surface area contributed by atoms with Crippen LogP contribution in [0.15, 0.2) is 18.2 Å². The lowest BCUT2D eigenvalue weighted by Gasteiger charge is -2.26. The van der Waals surface area contributed by atoms with Crippen molar-refractivity contribution in [1.29, 1.82) is 0 Å². The fraction of sp³-hybridized carbons (Fsp3) is 0.429. The van der Waals surface area contributed by atoms with Crippen molar-refractivity contribution >= 4 is 35.0 Å².